The van der Waals surface area contributed by atoms with E-state index in [-0.39, 0.29) is 7.25 Å². The third-order valence-corrected chi connectivity index (χ3v) is 61.3. The van der Waals surface area contributed by atoms with Crippen molar-refractivity contribution in [2.45, 2.75) is 48.0 Å². The number of hydrogen-bond donors (Lipinski definition) is 0. The predicted molar refractivity (Wildman–Crippen MR) is 181 cm³/mol. The molecule has 42 heavy (non-hydrogen) atoms. The quantitative estimate of drug-likeness (QED) is 0.181. The average molecular weight is 690 g/mol. The van der Waals surface area contributed by atoms with Gasteiger partial charge in [0.1, 0.15) is 0 Å². The molecule has 0 spiro atoms. The first-order valence-electron chi connectivity index (χ1n) is 15.1. The third-order valence-electron chi connectivity index (χ3n) is 9.61. The fourth-order valence-electron chi connectivity index (χ4n) is 7.41. The Balaban J connectivity index is 1.63. The number of aromatic nitrogens is 2. The van der Waals surface area contributed by atoms with Crippen LogP contribution in [0.4, 0.5) is 0 Å². The number of halogens is 2. The van der Waals surface area contributed by atoms with E-state index in [1.54, 1.807) is 0 Å². The first kappa shape index (κ1) is 29.9. The van der Waals surface area contributed by atoms with Crippen LogP contribution in [0, 0.1) is 11.8 Å². The molecule has 4 aromatic rings. The van der Waals surface area contributed by atoms with Crippen molar-refractivity contribution in [1.82, 2.24) is 9.97 Å². The molecule has 6 heteroatoms. The second-order valence-corrected chi connectivity index (χ2v) is 55.4. The fourth-order valence-corrected chi connectivity index (χ4v) is 38.9. The zero-order chi connectivity index (χ0) is 29.8. The van der Waals surface area contributed by atoms with E-state index in [1.165, 1.54) is 33.4 Å². The van der Waals surface area contributed by atoms with E-state index in [2.05, 4.69) is 114 Å². The minimum absolute atomic E-state index is 0.0525. The zero-order valence-corrected chi connectivity index (χ0v) is 30.4. The summed E-state index contributed by atoms with van der Waals surface area (Å²) in [6.45, 7) is 14.0. The summed E-state index contributed by atoms with van der Waals surface area (Å²) >= 11 is -4.85. The Morgan fingerprint density at radius 3 is 1.38 bits per heavy atom. The van der Waals surface area contributed by atoms with Crippen molar-refractivity contribution >= 4 is 35.1 Å². The summed E-state index contributed by atoms with van der Waals surface area (Å²) in [5.74, 6) is -1.00. The molecule has 2 nitrogen and oxygen atoms in total. The van der Waals surface area contributed by atoms with Gasteiger partial charge in [0, 0.05) is 0 Å². The summed E-state index contributed by atoms with van der Waals surface area (Å²) in [6, 6.07) is 25.6. The van der Waals surface area contributed by atoms with E-state index < -0.39 is 21.5 Å². The molecule has 2 aliphatic carbocycles. The predicted octanol–water partition coefficient (Wildman–Crippen LogP) is 10.7. The molecule has 0 N–H and O–H groups in total. The van der Waals surface area contributed by atoms with Gasteiger partial charge in [-0.1, -0.05) is 0 Å². The summed E-state index contributed by atoms with van der Waals surface area (Å²) in [6.07, 6.45) is 8.58. The summed E-state index contributed by atoms with van der Waals surface area (Å²) in [4.78, 5) is 9.47. The van der Waals surface area contributed by atoms with Gasteiger partial charge in [0.05, 0.1) is 0 Å². The van der Waals surface area contributed by atoms with Crippen LogP contribution in [0.5, 0.6) is 0 Å². The Kier molecular flexibility index (Phi) is 7.93. The van der Waals surface area contributed by atoms with Crippen LogP contribution in [0.25, 0.3) is 34.7 Å². The second kappa shape index (κ2) is 11.1. The third kappa shape index (κ3) is 4.60. The van der Waals surface area contributed by atoms with Crippen molar-refractivity contribution in [1.29, 1.82) is 0 Å². The van der Waals surface area contributed by atoms with Gasteiger partial charge in [-0.05, 0) is 0 Å². The molecule has 0 aliphatic heterocycles. The molecule has 2 aromatic heterocycles. The van der Waals surface area contributed by atoms with Crippen LogP contribution >= 0.6 is 17.0 Å². The van der Waals surface area contributed by atoms with Crippen LogP contribution < -0.4 is 0 Å². The minimum atomic E-state index is -4.85. The number of benzene rings is 2. The van der Waals surface area contributed by atoms with Crippen LogP contribution in [0.2, 0.25) is 13.1 Å². The average Bonchev–Trinajstić information content (AvgIpc) is 3.59. The van der Waals surface area contributed by atoms with Gasteiger partial charge >= 0.3 is 262 Å². The Morgan fingerprint density at radius 1 is 0.619 bits per heavy atom. The molecule has 0 saturated carbocycles. The van der Waals surface area contributed by atoms with E-state index in [0.29, 0.717) is 11.8 Å². The van der Waals surface area contributed by atoms with Crippen LogP contribution in [-0.4, -0.2) is 15.9 Å². The Hall–Kier alpha value is -2.10. The van der Waals surface area contributed by atoms with Gasteiger partial charge in [0.15, 0.2) is 0 Å². The molecule has 0 radical (unpaired) electrons. The van der Waals surface area contributed by atoms with E-state index in [0.717, 1.165) is 22.5 Å². The number of hydrogen-bond acceptors (Lipinski definition) is 2. The molecule has 2 aliphatic rings. The maximum atomic E-state index is 8.60. The van der Waals surface area contributed by atoms with Crippen molar-refractivity contribution in [3.8, 4) is 22.5 Å². The summed E-state index contributed by atoms with van der Waals surface area (Å²) in [5.41, 5.74) is 12.2. The second-order valence-electron chi connectivity index (χ2n) is 12.9. The van der Waals surface area contributed by atoms with Gasteiger partial charge in [-0.2, -0.15) is 0 Å². The Morgan fingerprint density at radius 2 is 1.05 bits per heavy atom. The van der Waals surface area contributed by atoms with Crippen LogP contribution in [0.15, 0.2) is 96.3 Å². The number of rotatable bonds is 7. The van der Waals surface area contributed by atoms with Crippen molar-refractivity contribution in [2.75, 3.05) is 0 Å². The summed E-state index contributed by atoms with van der Waals surface area (Å²) in [5, 5.41) is 0. The normalized spacial score (nSPS) is 19.0. The molecular weight excluding hydrogens is 651 g/mol. The van der Waals surface area contributed by atoms with E-state index in [1.807, 2.05) is 24.5 Å². The first-order valence-corrected chi connectivity index (χ1v) is 31.4. The number of fused-ring (bicyclic) bond motifs is 2. The molecule has 2 aromatic carbocycles. The van der Waals surface area contributed by atoms with Gasteiger partial charge < -0.3 is 0 Å². The number of pyridine rings is 2. The zero-order valence-electron chi connectivity index (χ0n) is 25.3. The van der Waals surface area contributed by atoms with Crippen molar-refractivity contribution in [3.63, 3.8) is 0 Å². The van der Waals surface area contributed by atoms with Crippen LogP contribution in [0.1, 0.15) is 57.2 Å². The standard InChI is InChI=1S/2C17H16N.C2H7Si.2ClH.Zr/c2*1-12(2)14-10-13-6-5-7-15(16(13)11-14)17-8-3-4-9-18-17;1-3-2;;;/h2*3-12H,1-2H3;3H,1-2H3;2*1H;/q;;;;;+2/p-2. The summed E-state index contributed by atoms with van der Waals surface area (Å²) < 4.78 is 0.105. The monoisotopic (exact) mass is 687 g/mol. The van der Waals surface area contributed by atoms with E-state index in [9.17, 15) is 0 Å². The van der Waals surface area contributed by atoms with Crippen molar-refractivity contribution < 1.29 is 15.6 Å². The fraction of sp³-hybridized carbons (Fsp3) is 0.278. The topological polar surface area (TPSA) is 25.8 Å². The molecule has 0 fully saturated rings. The van der Waals surface area contributed by atoms with Crippen LogP contribution in [-0.2, 0) is 15.6 Å². The molecule has 0 saturated heterocycles. The molecule has 0 amide bonds. The van der Waals surface area contributed by atoms with Crippen molar-refractivity contribution in [2.24, 2.45) is 11.8 Å². The molecule has 2 heterocycles. The van der Waals surface area contributed by atoms with Gasteiger partial charge in [-0.25, -0.2) is 0 Å². The number of nitrogens with zero attached hydrogens (tertiary/aromatic N) is 2. The molecular formula is C36H39Cl2N2SiZr. The van der Waals surface area contributed by atoms with Gasteiger partial charge in [-0.3, -0.25) is 0 Å². The SMILES string of the molecule is CC(C)C1=Cc2c(-c3ccccn3)cccc2[CH]1[Zr]([Cl])([Cl])([CH]1C(C(C)C)=Cc2c(-c3ccccn3)cccc21)[SiH](C)C. The van der Waals surface area contributed by atoms with Gasteiger partial charge in [0.2, 0.25) is 0 Å². The first-order chi connectivity index (χ1) is 20.0. The molecule has 215 valence electrons. The van der Waals surface area contributed by atoms with Crippen LogP contribution in [0.3, 0.4) is 0 Å². The molecule has 6 rings (SSSR count). The molecule has 0 bridgehead atoms. The van der Waals surface area contributed by atoms with Crippen molar-refractivity contribution in [3.05, 3.63) is 119 Å². The van der Waals surface area contributed by atoms with Gasteiger partial charge in [-0.15, -0.1) is 0 Å². The Bertz CT molecular complexity index is 1590. The molecule has 2 atom stereocenters. The van der Waals surface area contributed by atoms with Gasteiger partial charge in [0.25, 0.3) is 0 Å². The molecule has 2 unspecified atom stereocenters. The summed E-state index contributed by atoms with van der Waals surface area (Å²) in [7, 11) is 17.2. The number of allylic oxidation sites excluding steroid dienone is 2. The van der Waals surface area contributed by atoms with E-state index in [4.69, 9.17) is 27.0 Å². The maximum absolute atomic E-state index is 8.60. The Labute approximate surface area is 259 Å². The van der Waals surface area contributed by atoms with E-state index >= 15 is 0 Å².